The minimum absolute atomic E-state index is 0.0819. The van der Waals surface area contributed by atoms with E-state index in [1.165, 1.54) is 0 Å². The minimum Gasteiger partial charge on any atom is -0.336 e. The number of piperazine rings is 1. The Kier molecular flexibility index (Phi) is 6.20. The molecule has 5 heteroatoms. The molecule has 2 aromatic carbocycles. The van der Waals surface area contributed by atoms with E-state index in [9.17, 15) is 4.79 Å². The molecule has 0 bridgehead atoms. The molecule has 0 atom stereocenters. The fraction of sp³-hybridized carbons (Fsp3) is 0.300. The first-order valence-electron chi connectivity index (χ1n) is 8.54. The van der Waals surface area contributed by atoms with Crippen molar-refractivity contribution < 1.29 is 4.79 Å². The third-order valence-electron chi connectivity index (χ3n) is 4.34. The van der Waals surface area contributed by atoms with Crippen LogP contribution in [-0.4, -0.2) is 61.2 Å². The molecule has 2 aromatic rings. The summed E-state index contributed by atoms with van der Waals surface area (Å²) in [6.45, 7) is 4.99. The predicted molar refractivity (Wildman–Crippen MR) is 103 cm³/mol. The Morgan fingerprint density at radius 3 is 2.36 bits per heavy atom. The second kappa shape index (κ2) is 8.79. The summed E-state index contributed by atoms with van der Waals surface area (Å²) in [5.74, 6) is 0.0819. The number of aliphatic imine (C=N–C) groups is 1. The normalized spacial score (nSPS) is 15.6. The lowest BCUT2D eigenvalue weighted by molar-refractivity contribution is 0.0641. The highest BCUT2D eigenvalue weighted by Gasteiger charge is 2.21. The Labute approximate surface area is 153 Å². The zero-order valence-corrected chi connectivity index (χ0v) is 14.9. The van der Waals surface area contributed by atoms with Gasteiger partial charge in [-0.15, -0.1) is 0 Å². The molecule has 1 fully saturated rings. The number of carbonyl (C=O) groups excluding carboxylic acids is 1. The van der Waals surface area contributed by atoms with Crippen LogP contribution >= 0.6 is 11.6 Å². The number of hydrogen-bond donors (Lipinski definition) is 0. The highest BCUT2D eigenvalue weighted by molar-refractivity contribution is 6.30. The van der Waals surface area contributed by atoms with E-state index < -0.39 is 0 Å². The first-order valence-corrected chi connectivity index (χ1v) is 8.92. The van der Waals surface area contributed by atoms with Crippen LogP contribution in [0.4, 0.5) is 0 Å². The van der Waals surface area contributed by atoms with Gasteiger partial charge >= 0.3 is 0 Å². The topological polar surface area (TPSA) is 35.9 Å². The number of benzene rings is 2. The summed E-state index contributed by atoms with van der Waals surface area (Å²) in [4.78, 5) is 21.2. The second-order valence-electron chi connectivity index (χ2n) is 6.09. The van der Waals surface area contributed by atoms with Crippen molar-refractivity contribution in [1.82, 2.24) is 9.80 Å². The summed E-state index contributed by atoms with van der Waals surface area (Å²) in [5.41, 5.74) is 1.83. The van der Waals surface area contributed by atoms with Crippen LogP contribution in [0.25, 0.3) is 0 Å². The molecule has 0 aliphatic carbocycles. The van der Waals surface area contributed by atoms with Crippen molar-refractivity contribution in [2.24, 2.45) is 4.99 Å². The van der Waals surface area contributed by atoms with E-state index in [1.807, 2.05) is 41.4 Å². The molecule has 1 heterocycles. The van der Waals surface area contributed by atoms with Gasteiger partial charge in [-0.25, -0.2) is 0 Å². The molecule has 1 aliphatic rings. The van der Waals surface area contributed by atoms with Crippen molar-refractivity contribution in [2.45, 2.75) is 0 Å². The van der Waals surface area contributed by atoms with Gasteiger partial charge in [-0.05, 0) is 29.8 Å². The molecule has 0 spiro atoms. The summed E-state index contributed by atoms with van der Waals surface area (Å²) in [6.07, 6.45) is 1.92. The van der Waals surface area contributed by atoms with E-state index in [-0.39, 0.29) is 5.91 Å². The lowest BCUT2D eigenvalue weighted by Gasteiger charge is -2.34. The molecule has 130 valence electrons. The van der Waals surface area contributed by atoms with Crippen molar-refractivity contribution in [1.29, 1.82) is 0 Å². The molecule has 4 nitrogen and oxygen atoms in total. The molecule has 25 heavy (non-hydrogen) atoms. The Bertz CT molecular complexity index is 707. The number of hydrogen-bond acceptors (Lipinski definition) is 3. The minimum atomic E-state index is 0.0819. The second-order valence-corrected chi connectivity index (χ2v) is 6.52. The third kappa shape index (κ3) is 5.15. The van der Waals surface area contributed by atoms with Gasteiger partial charge in [-0.2, -0.15) is 0 Å². The fourth-order valence-electron chi connectivity index (χ4n) is 2.86. The number of halogens is 1. The predicted octanol–water partition coefficient (Wildman–Crippen LogP) is 3.22. The Morgan fingerprint density at radius 2 is 1.68 bits per heavy atom. The smallest absolute Gasteiger partial charge is 0.253 e. The first kappa shape index (κ1) is 17.6. The van der Waals surface area contributed by atoms with E-state index in [0.717, 1.165) is 44.8 Å². The third-order valence-corrected chi connectivity index (χ3v) is 4.59. The molecular weight excluding hydrogens is 334 g/mol. The molecule has 1 saturated heterocycles. The molecule has 0 N–H and O–H groups in total. The first-order chi connectivity index (χ1) is 12.2. The summed E-state index contributed by atoms with van der Waals surface area (Å²) < 4.78 is 0. The van der Waals surface area contributed by atoms with E-state index >= 15 is 0 Å². The Balaban J connectivity index is 1.42. The SMILES string of the molecule is O=C(c1ccc(Cl)cc1)N1CCN(CCN=Cc2ccccc2)CC1. The lowest BCUT2D eigenvalue weighted by atomic mass is 10.2. The standard InChI is InChI=1S/C20H22ClN3O/c21-19-8-6-18(7-9-19)20(25)24-14-12-23(13-15-24)11-10-22-16-17-4-2-1-3-5-17/h1-9,16H,10-15H2. The number of amides is 1. The van der Waals surface area contributed by atoms with Crippen LogP contribution in [0, 0.1) is 0 Å². The monoisotopic (exact) mass is 355 g/mol. The summed E-state index contributed by atoms with van der Waals surface area (Å²) in [5, 5.41) is 0.650. The van der Waals surface area contributed by atoms with Crippen molar-refractivity contribution in [3.63, 3.8) is 0 Å². The van der Waals surface area contributed by atoms with Gasteiger partial charge in [0.05, 0.1) is 6.54 Å². The highest BCUT2D eigenvalue weighted by Crippen LogP contribution is 2.13. The largest absolute Gasteiger partial charge is 0.336 e. The average molecular weight is 356 g/mol. The molecule has 1 aliphatic heterocycles. The van der Waals surface area contributed by atoms with Gasteiger partial charge in [0.1, 0.15) is 0 Å². The lowest BCUT2D eigenvalue weighted by Crippen LogP contribution is -2.49. The maximum Gasteiger partial charge on any atom is 0.253 e. The summed E-state index contributed by atoms with van der Waals surface area (Å²) in [6, 6.07) is 17.2. The van der Waals surface area contributed by atoms with Gasteiger partial charge in [0.15, 0.2) is 0 Å². The van der Waals surface area contributed by atoms with Crippen LogP contribution in [0.15, 0.2) is 59.6 Å². The zero-order valence-electron chi connectivity index (χ0n) is 14.1. The number of rotatable bonds is 5. The van der Waals surface area contributed by atoms with Crippen LogP contribution in [0.2, 0.25) is 5.02 Å². The molecule has 0 unspecified atom stereocenters. The van der Waals surface area contributed by atoms with Crippen LogP contribution in [0.3, 0.4) is 0 Å². The number of carbonyl (C=O) groups is 1. The molecule has 0 radical (unpaired) electrons. The van der Waals surface area contributed by atoms with Gasteiger partial charge in [0.2, 0.25) is 0 Å². The van der Waals surface area contributed by atoms with Crippen LogP contribution < -0.4 is 0 Å². The van der Waals surface area contributed by atoms with E-state index in [0.29, 0.717) is 10.6 Å². The maximum atomic E-state index is 12.5. The van der Waals surface area contributed by atoms with E-state index in [2.05, 4.69) is 9.89 Å². The van der Waals surface area contributed by atoms with E-state index in [4.69, 9.17) is 11.6 Å². The quantitative estimate of drug-likeness (QED) is 0.772. The van der Waals surface area contributed by atoms with Gasteiger partial charge in [-0.1, -0.05) is 41.9 Å². The van der Waals surface area contributed by atoms with Crippen LogP contribution in [0.1, 0.15) is 15.9 Å². The fourth-order valence-corrected chi connectivity index (χ4v) is 2.98. The van der Waals surface area contributed by atoms with Crippen LogP contribution in [-0.2, 0) is 0 Å². The van der Waals surface area contributed by atoms with Crippen LogP contribution in [0.5, 0.6) is 0 Å². The van der Waals surface area contributed by atoms with E-state index in [1.54, 1.807) is 24.3 Å². The average Bonchev–Trinajstić information content (AvgIpc) is 2.67. The van der Waals surface area contributed by atoms with Gasteiger partial charge in [0.25, 0.3) is 5.91 Å². The van der Waals surface area contributed by atoms with Gasteiger partial charge < -0.3 is 4.90 Å². The van der Waals surface area contributed by atoms with Crippen molar-refractivity contribution >= 4 is 23.7 Å². The molecular formula is C20H22ClN3O. The van der Waals surface area contributed by atoms with Crippen molar-refractivity contribution in [3.05, 3.63) is 70.7 Å². The Hall–Kier alpha value is -2.17. The zero-order chi connectivity index (χ0) is 17.5. The molecule has 1 amide bonds. The highest BCUT2D eigenvalue weighted by atomic mass is 35.5. The van der Waals surface area contributed by atoms with Crippen molar-refractivity contribution in [3.8, 4) is 0 Å². The number of nitrogens with zero attached hydrogens (tertiary/aromatic N) is 3. The molecule has 0 aromatic heterocycles. The van der Waals surface area contributed by atoms with Gasteiger partial charge in [-0.3, -0.25) is 14.7 Å². The van der Waals surface area contributed by atoms with Gasteiger partial charge in [0, 0.05) is 49.5 Å². The summed E-state index contributed by atoms with van der Waals surface area (Å²) in [7, 11) is 0. The van der Waals surface area contributed by atoms with Crippen molar-refractivity contribution in [2.75, 3.05) is 39.3 Å². The summed E-state index contributed by atoms with van der Waals surface area (Å²) >= 11 is 5.88. The molecule has 3 rings (SSSR count). The maximum absolute atomic E-state index is 12.5. The Morgan fingerprint density at radius 1 is 1.00 bits per heavy atom. The molecule has 0 saturated carbocycles.